The maximum atomic E-state index is 10.1. The number of nitrogens with one attached hydrogen (secondary N) is 1. The molecule has 5 heteroatoms. The lowest BCUT2D eigenvalue weighted by molar-refractivity contribution is 0.0357. The Kier molecular flexibility index (Phi) is 5.36. The fourth-order valence-electron chi connectivity index (χ4n) is 1.33. The number of hydrogen-bond donors (Lipinski definition) is 2. The molecular formula is C12H19BrN2O2. The monoisotopic (exact) mass is 302 g/mol. The van der Waals surface area contributed by atoms with E-state index < -0.39 is 5.60 Å². The van der Waals surface area contributed by atoms with Gasteiger partial charge in [-0.05, 0) is 41.9 Å². The minimum absolute atomic E-state index is 0.449. The number of aliphatic hydroxyl groups is 1. The molecule has 17 heavy (non-hydrogen) atoms. The average molecular weight is 303 g/mol. The second-order valence-corrected chi connectivity index (χ2v) is 5.21. The first kappa shape index (κ1) is 14.4. The summed E-state index contributed by atoms with van der Waals surface area (Å²) >= 11 is 3.40. The van der Waals surface area contributed by atoms with Crippen molar-refractivity contribution in [3.63, 3.8) is 0 Å². The zero-order valence-electron chi connectivity index (χ0n) is 10.5. The number of aromatic nitrogens is 1. The first-order valence-electron chi connectivity index (χ1n) is 5.53. The van der Waals surface area contributed by atoms with Crippen LogP contribution in [0.15, 0.2) is 16.6 Å². The second-order valence-electron chi connectivity index (χ2n) is 4.36. The highest BCUT2D eigenvalue weighted by Crippen LogP contribution is 2.17. The van der Waals surface area contributed by atoms with Gasteiger partial charge in [-0.1, -0.05) is 0 Å². The van der Waals surface area contributed by atoms with Crippen molar-refractivity contribution >= 4 is 21.7 Å². The predicted octanol–water partition coefficient (Wildman–Crippen LogP) is 2.35. The van der Waals surface area contributed by atoms with Gasteiger partial charge in [-0.2, -0.15) is 0 Å². The number of nitrogens with zero attached hydrogens (tertiary/aromatic N) is 1. The predicted molar refractivity (Wildman–Crippen MR) is 72.3 cm³/mol. The van der Waals surface area contributed by atoms with Crippen LogP contribution in [-0.4, -0.2) is 36.0 Å². The van der Waals surface area contributed by atoms with E-state index in [2.05, 4.69) is 26.2 Å². The Morgan fingerprint density at radius 3 is 2.82 bits per heavy atom. The molecular weight excluding hydrogens is 284 g/mol. The Hall–Kier alpha value is -0.650. The van der Waals surface area contributed by atoms with Crippen LogP contribution in [0.1, 0.15) is 19.0 Å². The number of pyridine rings is 1. The lowest BCUT2D eigenvalue weighted by atomic mass is 10.0. The van der Waals surface area contributed by atoms with Gasteiger partial charge >= 0.3 is 0 Å². The fourth-order valence-corrected chi connectivity index (χ4v) is 1.55. The van der Waals surface area contributed by atoms with Crippen LogP contribution in [0.4, 0.5) is 5.82 Å². The van der Waals surface area contributed by atoms with Crippen LogP contribution in [0.2, 0.25) is 0 Å². The number of halogens is 1. The number of aryl methyl sites for hydroxylation is 1. The van der Waals surface area contributed by atoms with E-state index in [1.54, 1.807) is 14.0 Å². The molecule has 96 valence electrons. The molecule has 1 rings (SSSR count). The molecule has 0 saturated carbocycles. The highest BCUT2D eigenvalue weighted by atomic mass is 79.9. The van der Waals surface area contributed by atoms with E-state index in [-0.39, 0.29) is 0 Å². The molecule has 0 aliphatic rings. The van der Waals surface area contributed by atoms with Gasteiger partial charge in [-0.3, -0.25) is 0 Å². The molecule has 0 bridgehead atoms. The van der Waals surface area contributed by atoms with E-state index in [0.29, 0.717) is 19.6 Å². The SMILES string of the molecule is COCCC(C)(O)CNc1ccc(Br)c(C)n1. The van der Waals surface area contributed by atoms with Gasteiger partial charge in [0.1, 0.15) is 5.82 Å². The van der Waals surface area contributed by atoms with Crippen molar-refractivity contribution in [3.8, 4) is 0 Å². The van der Waals surface area contributed by atoms with Crippen molar-refractivity contribution in [1.82, 2.24) is 4.98 Å². The number of anilines is 1. The zero-order valence-corrected chi connectivity index (χ0v) is 12.0. The van der Waals surface area contributed by atoms with E-state index in [4.69, 9.17) is 4.74 Å². The third-order valence-electron chi connectivity index (χ3n) is 2.52. The van der Waals surface area contributed by atoms with Crippen molar-refractivity contribution in [2.45, 2.75) is 25.9 Å². The second kappa shape index (κ2) is 6.33. The van der Waals surface area contributed by atoms with Gasteiger partial charge in [0.15, 0.2) is 0 Å². The lowest BCUT2D eigenvalue weighted by Gasteiger charge is -2.23. The minimum Gasteiger partial charge on any atom is -0.388 e. The Bertz CT molecular complexity index is 370. The largest absolute Gasteiger partial charge is 0.388 e. The van der Waals surface area contributed by atoms with Crippen LogP contribution in [0.25, 0.3) is 0 Å². The number of hydrogen-bond acceptors (Lipinski definition) is 4. The van der Waals surface area contributed by atoms with E-state index in [9.17, 15) is 5.11 Å². The third kappa shape index (κ3) is 5.02. The van der Waals surface area contributed by atoms with Crippen molar-refractivity contribution in [3.05, 3.63) is 22.3 Å². The van der Waals surface area contributed by atoms with Crippen LogP contribution >= 0.6 is 15.9 Å². The van der Waals surface area contributed by atoms with Crippen molar-refractivity contribution in [2.75, 3.05) is 25.6 Å². The summed E-state index contributed by atoms with van der Waals surface area (Å²) in [5.41, 5.74) is 0.130. The lowest BCUT2D eigenvalue weighted by Crippen LogP contribution is -2.34. The first-order chi connectivity index (χ1) is 7.94. The van der Waals surface area contributed by atoms with Gasteiger partial charge in [0.25, 0.3) is 0 Å². The van der Waals surface area contributed by atoms with E-state index in [0.717, 1.165) is 16.0 Å². The molecule has 0 aromatic carbocycles. The van der Waals surface area contributed by atoms with Gasteiger partial charge in [-0.25, -0.2) is 4.98 Å². The quantitative estimate of drug-likeness (QED) is 0.847. The van der Waals surface area contributed by atoms with Crippen LogP contribution in [0.3, 0.4) is 0 Å². The van der Waals surface area contributed by atoms with Crippen LogP contribution in [0, 0.1) is 6.92 Å². The molecule has 0 aliphatic carbocycles. The van der Waals surface area contributed by atoms with Crippen LogP contribution < -0.4 is 5.32 Å². The molecule has 0 radical (unpaired) electrons. The highest BCUT2D eigenvalue weighted by molar-refractivity contribution is 9.10. The molecule has 1 aromatic heterocycles. The molecule has 1 unspecified atom stereocenters. The highest BCUT2D eigenvalue weighted by Gasteiger charge is 2.19. The molecule has 2 N–H and O–H groups in total. The van der Waals surface area contributed by atoms with Gasteiger partial charge in [0.05, 0.1) is 11.3 Å². The molecule has 0 amide bonds. The van der Waals surface area contributed by atoms with Crippen molar-refractivity contribution in [2.24, 2.45) is 0 Å². The molecule has 1 atom stereocenters. The van der Waals surface area contributed by atoms with Gasteiger partial charge in [0, 0.05) is 31.2 Å². The first-order valence-corrected chi connectivity index (χ1v) is 6.32. The maximum Gasteiger partial charge on any atom is 0.126 e. The standard InChI is InChI=1S/C12H19BrN2O2/c1-9-10(13)4-5-11(15-9)14-8-12(2,16)6-7-17-3/h4-5,16H,6-8H2,1-3H3,(H,14,15). The van der Waals surface area contributed by atoms with E-state index in [1.165, 1.54) is 0 Å². The number of rotatable bonds is 6. The summed E-state index contributed by atoms with van der Waals surface area (Å²) < 4.78 is 5.94. The van der Waals surface area contributed by atoms with Crippen LogP contribution in [0.5, 0.6) is 0 Å². The molecule has 1 heterocycles. The molecule has 0 fully saturated rings. The summed E-state index contributed by atoms with van der Waals surface area (Å²) in [6.07, 6.45) is 0.589. The minimum atomic E-state index is -0.793. The van der Waals surface area contributed by atoms with Crippen molar-refractivity contribution < 1.29 is 9.84 Å². The number of methoxy groups -OCH3 is 1. The van der Waals surface area contributed by atoms with E-state index in [1.807, 2.05) is 19.1 Å². The molecule has 0 saturated heterocycles. The topological polar surface area (TPSA) is 54.4 Å². The smallest absolute Gasteiger partial charge is 0.126 e. The van der Waals surface area contributed by atoms with Gasteiger partial charge < -0.3 is 15.2 Å². The summed E-state index contributed by atoms with van der Waals surface area (Å²) in [6.45, 7) is 4.70. The maximum absolute atomic E-state index is 10.1. The van der Waals surface area contributed by atoms with Gasteiger partial charge in [0.2, 0.25) is 0 Å². The summed E-state index contributed by atoms with van der Waals surface area (Å²) in [6, 6.07) is 3.82. The average Bonchev–Trinajstić information content (AvgIpc) is 2.28. The summed E-state index contributed by atoms with van der Waals surface area (Å²) in [5.74, 6) is 0.767. The van der Waals surface area contributed by atoms with Gasteiger partial charge in [-0.15, -0.1) is 0 Å². The van der Waals surface area contributed by atoms with Crippen molar-refractivity contribution in [1.29, 1.82) is 0 Å². The third-order valence-corrected chi connectivity index (χ3v) is 3.35. The molecule has 0 aliphatic heterocycles. The summed E-state index contributed by atoms with van der Waals surface area (Å²) in [5, 5.41) is 13.2. The summed E-state index contributed by atoms with van der Waals surface area (Å²) in [7, 11) is 1.63. The van der Waals surface area contributed by atoms with Crippen LogP contribution in [-0.2, 0) is 4.74 Å². The normalized spacial score (nSPS) is 14.4. The Labute approximate surface area is 111 Å². The Morgan fingerprint density at radius 2 is 2.24 bits per heavy atom. The zero-order chi connectivity index (χ0) is 12.9. The molecule has 4 nitrogen and oxygen atoms in total. The Balaban J connectivity index is 2.51. The fraction of sp³-hybridized carbons (Fsp3) is 0.583. The molecule has 1 aromatic rings. The Morgan fingerprint density at radius 1 is 1.53 bits per heavy atom. The molecule has 0 spiro atoms. The summed E-state index contributed by atoms with van der Waals surface area (Å²) in [4.78, 5) is 4.36. The van der Waals surface area contributed by atoms with E-state index >= 15 is 0 Å². The number of ether oxygens (including phenoxy) is 1.